The van der Waals surface area contributed by atoms with E-state index in [2.05, 4.69) is 0 Å². The van der Waals surface area contributed by atoms with Crippen LogP contribution in [0.5, 0.6) is 0 Å². The van der Waals surface area contributed by atoms with Crippen LogP contribution >= 0.6 is 15.2 Å². The summed E-state index contributed by atoms with van der Waals surface area (Å²) in [7, 11) is -7.42. The zero-order valence-corrected chi connectivity index (χ0v) is 19.1. The van der Waals surface area contributed by atoms with E-state index in [1.807, 2.05) is 4.90 Å². The van der Waals surface area contributed by atoms with E-state index in [0.717, 1.165) is 12.8 Å². The lowest BCUT2D eigenvalue weighted by atomic mass is 9.77. The molecular formula is C18H37NO6P2. The summed E-state index contributed by atoms with van der Waals surface area (Å²) in [5.41, 5.74) is -0.618. The summed E-state index contributed by atoms with van der Waals surface area (Å²) >= 11 is 0. The Morgan fingerprint density at radius 2 is 1.11 bits per heavy atom. The molecule has 0 atom stereocenters. The predicted molar refractivity (Wildman–Crippen MR) is 107 cm³/mol. The molecule has 1 aliphatic carbocycles. The van der Waals surface area contributed by atoms with Gasteiger partial charge in [0.05, 0.1) is 26.4 Å². The van der Waals surface area contributed by atoms with Gasteiger partial charge in [-0.25, -0.2) is 0 Å². The lowest BCUT2D eigenvalue weighted by Gasteiger charge is -2.45. The molecule has 1 heterocycles. The highest BCUT2D eigenvalue weighted by Gasteiger charge is 2.55. The largest absolute Gasteiger partial charge is 0.360 e. The van der Waals surface area contributed by atoms with Crippen LogP contribution in [0.15, 0.2) is 0 Å². The Balaban J connectivity index is 2.33. The maximum Gasteiger partial charge on any atom is 0.360 e. The predicted octanol–water partition coefficient (Wildman–Crippen LogP) is 5.46. The van der Waals surface area contributed by atoms with Gasteiger partial charge in [-0.1, -0.05) is 12.8 Å². The highest BCUT2D eigenvalue weighted by atomic mass is 31.2. The molecule has 2 fully saturated rings. The van der Waals surface area contributed by atoms with Gasteiger partial charge in [-0.05, 0) is 58.8 Å². The Morgan fingerprint density at radius 3 is 1.44 bits per heavy atom. The summed E-state index contributed by atoms with van der Waals surface area (Å²) in [5.74, 6) is 0. The third kappa shape index (κ3) is 5.45. The summed E-state index contributed by atoms with van der Waals surface area (Å²) in [6.07, 6.45) is 7.12. The summed E-state index contributed by atoms with van der Waals surface area (Å²) < 4.78 is 49.8. The average Bonchev–Trinajstić information content (AvgIpc) is 3.06. The molecule has 0 amide bonds. The molecule has 0 N–H and O–H groups in total. The van der Waals surface area contributed by atoms with Gasteiger partial charge >= 0.3 is 15.2 Å². The van der Waals surface area contributed by atoms with E-state index >= 15 is 0 Å². The van der Waals surface area contributed by atoms with E-state index in [-0.39, 0.29) is 26.4 Å². The second kappa shape index (κ2) is 10.3. The summed E-state index contributed by atoms with van der Waals surface area (Å²) in [6.45, 7) is 9.31. The van der Waals surface area contributed by atoms with Gasteiger partial charge in [0.1, 0.15) is 0 Å². The van der Waals surface area contributed by atoms with Crippen molar-refractivity contribution in [1.29, 1.82) is 0 Å². The first-order valence-corrected chi connectivity index (χ1v) is 13.6. The lowest BCUT2D eigenvalue weighted by molar-refractivity contribution is 0.0868. The molecule has 0 radical (unpaired) electrons. The SMILES string of the molecule is CCOP(=O)(OCC)C(N1CCC2(CCCC2)CC1)P(=O)(OCC)OCC. The van der Waals surface area contributed by atoms with Crippen molar-refractivity contribution in [2.45, 2.75) is 71.7 Å². The first-order chi connectivity index (χ1) is 12.9. The molecule has 0 bridgehead atoms. The van der Waals surface area contributed by atoms with Crippen LogP contribution in [-0.2, 0) is 27.2 Å². The molecule has 7 nitrogen and oxygen atoms in total. The number of piperidine rings is 1. The maximum absolute atomic E-state index is 13.7. The molecule has 1 spiro atoms. The zero-order valence-electron chi connectivity index (χ0n) is 17.4. The van der Waals surface area contributed by atoms with Crippen molar-refractivity contribution in [2.75, 3.05) is 39.5 Å². The summed E-state index contributed by atoms with van der Waals surface area (Å²) in [5, 5.41) is 0. The van der Waals surface area contributed by atoms with Gasteiger partial charge in [0.2, 0.25) is 5.52 Å². The molecule has 27 heavy (non-hydrogen) atoms. The molecular weight excluding hydrogens is 388 g/mol. The molecule has 1 saturated heterocycles. The minimum absolute atomic E-state index is 0.212. The monoisotopic (exact) mass is 425 g/mol. The molecule has 2 rings (SSSR count). The fraction of sp³-hybridized carbons (Fsp3) is 1.00. The van der Waals surface area contributed by atoms with Gasteiger partial charge in [0.25, 0.3) is 0 Å². The van der Waals surface area contributed by atoms with Crippen molar-refractivity contribution >= 4 is 15.2 Å². The van der Waals surface area contributed by atoms with Crippen LogP contribution in [0.25, 0.3) is 0 Å². The third-order valence-corrected chi connectivity index (χ3v) is 11.6. The molecule has 0 aromatic carbocycles. The molecule has 0 unspecified atom stereocenters. The van der Waals surface area contributed by atoms with Crippen molar-refractivity contribution in [3.05, 3.63) is 0 Å². The van der Waals surface area contributed by atoms with Gasteiger partial charge < -0.3 is 18.1 Å². The van der Waals surface area contributed by atoms with Crippen LogP contribution in [0, 0.1) is 5.41 Å². The number of hydrogen-bond acceptors (Lipinski definition) is 7. The van der Waals surface area contributed by atoms with Crippen molar-refractivity contribution in [1.82, 2.24) is 4.90 Å². The highest BCUT2D eigenvalue weighted by Crippen LogP contribution is 2.71. The topological polar surface area (TPSA) is 74.3 Å². The van der Waals surface area contributed by atoms with Gasteiger partial charge in [-0.15, -0.1) is 0 Å². The summed E-state index contributed by atoms with van der Waals surface area (Å²) in [6, 6.07) is 0. The molecule has 1 saturated carbocycles. The Labute approximate surface area is 164 Å². The van der Waals surface area contributed by atoms with Crippen molar-refractivity contribution in [2.24, 2.45) is 5.41 Å². The van der Waals surface area contributed by atoms with Gasteiger partial charge in [0, 0.05) is 13.1 Å². The molecule has 9 heteroatoms. The fourth-order valence-corrected chi connectivity index (χ4v) is 10.1. The number of nitrogens with zero attached hydrogens (tertiary/aromatic N) is 1. The molecule has 1 aliphatic heterocycles. The average molecular weight is 425 g/mol. The third-order valence-electron chi connectivity index (χ3n) is 5.65. The lowest BCUT2D eigenvalue weighted by Crippen LogP contribution is -2.45. The smallest absolute Gasteiger partial charge is 0.307 e. The fourth-order valence-electron chi connectivity index (χ4n) is 4.49. The van der Waals surface area contributed by atoms with E-state index in [1.54, 1.807) is 27.7 Å². The standard InChI is InChI=1S/C18H37NO6P2/c1-5-22-26(20,23-6-2)17(27(21,24-7-3)25-8-4)19-15-13-18(14-16-19)11-9-10-12-18/h17H,5-16H2,1-4H3. The molecule has 0 aromatic rings. The van der Waals surface area contributed by atoms with Crippen LogP contribution < -0.4 is 0 Å². The van der Waals surface area contributed by atoms with Gasteiger partial charge in [-0.3, -0.25) is 14.0 Å². The second-order valence-electron chi connectivity index (χ2n) is 7.34. The minimum atomic E-state index is -3.71. The van der Waals surface area contributed by atoms with Crippen LogP contribution in [0.4, 0.5) is 0 Å². The second-order valence-corrected chi connectivity index (χ2v) is 11.9. The Bertz CT molecular complexity index is 492. The van der Waals surface area contributed by atoms with Crippen molar-refractivity contribution < 1.29 is 27.2 Å². The minimum Gasteiger partial charge on any atom is -0.307 e. The van der Waals surface area contributed by atoms with E-state index < -0.39 is 20.7 Å². The van der Waals surface area contributed by atoms with Gasteiger partial charge in [-0.2, -0.15) is 0 Å². The number of hydrogen-bond donors (Lipinski definition) is 0. The van der Waals surface area contributed by atoms with E-state index in [1.165, 1.54) is 25.7 Å². The quantitative estimate of drug-likeness (QED) is 0.407. The summed E-state index contributed by atoms with van der Waals surface area (Å²) in [4.78, 5) is 1.99. The first kappa shape index (κ1) is 23.5. The van der Waals surface area contributed by atoms with E-state index in [9.17, 15) is 9.13 Å². The molecule has 0 aromatic heterocycles. The van der Waals surface area contributed by atoms with E-state index in [0.29, 0.717) is 18.5 Å². The Hall–Kier alpha value is 0.260. The van der Waals surface area contributed by atoms with Crippen LogP contribution in [0.3, 0.4) is 0 Å². The molecule has 160 valence electrons. The number of rotatable bonds is 11. The zero-order chi connectivity index (χ0) is 20.0. The molecule has 2 aliphatic rings. The van der Waals surface area contributed by atoms with Crippen LogP contribution in [0.2, 0.25) is 0 Å². The maximum atomic E-state index is 13.7. The van der Waals surface area contributed by atoms with Crippen molar-refractivity contribution in [3.8, 4) is 0 Å². The number of likely N-dealkylation sites (tertiary alicyclic amines) is 1. The van der Waals surface area contributed by atoms with Crippen molar-refractivity contribution in [3.63, 3.8) is 0 Å². The van der Waals surface area contributed by atoms with Gasteiger partial charge in [0.15, 0.2) is 0 Å². The van der Waals surface area contributed by atoms with Crippen LogP contribution in [-0.4, -0.2) is 49.9 Å². The highest BCUT2D eigenvalue weighted by molar-refractivity contribution is 7.72. The van der Waals surface area contributed by atoms with E-state index in [4.69, 9.17) is 18.1 Å². The Kier molecular flexibility index (Phi) is 9.01. The first-order valence-electron chi connectivity index (χ1n) is 10.4. The van der Waals surface area contributed by atoms with Crippen LogP contribution in [0.1, 0.15) is 66.2 Å². The normalized spacial score (nSPS) is 21.4. The Morgan fingerprint density at radius 1 is 0.741 bits per heavy atom.